The molecule has 30 heavy (non-hydrogen) atoms. The van der Waals surface area contributed by atoms with Crippen LogP contribution in [0, 0.1) is 0 Å². The minimum atomic E-state index is -0.151. The number of nitrogens with one attached hydrogen (secondary N) is 2. The molecule has 0 aliphatic rings. The highest BCUT2D eigenvalue weighted by Gasteiger charge is 2.05. The molecule has 0 saturated carbocycles. The van der Waals surface area contributed by atoms with Gasteiger partial charge in [0.15, 0.2) is 0 Å². The van der Waals surface area contributed by atoms with E-state index in [-0.39, 0.29) is 23.7 Å². The van der Waals surface area contributed by atoms with E-state index < -0.39 is 0 Å². The van der Waals surface area contributed by atoms with Gasteiger partial charge in [-0.2, -0.15) is 10.2 Å². The van der Waals surface area contributed by atoms with Gasteiger partial charge < -0.3 is 0 Å². The molecule has 0 aliphatic carbocycles. The topological polar surface area (TPSA) is 82.9 Å². The monoisotopic (exact) mass is 406 g/mol. The van der Waals surface area contributed by atoms with E-state index in [2.05, 4.69) is 21.1 Å². The molecule has 158 valence electrons. The van der Waals surface area contributed by atoms with Crippen LogP contribution < -0.4 is 10.9 Å². The van der Waals surface area contributed by atoms with Crippen LogP contribution >= 0.6 is 0 Å². The molecule has 0 heterocycles. The van der Waals surface area contributed by atoms with E-state index in [1.807, 2.05) is 74.5 Å². The van der Waals surface area contributed by atoms with Crippen molar-refractivity contribution in [2.24, 2.45) is 10.2 Å². The predicted octanol–water partition coefficient (Wildman–Crippen LogP) is 4.36. The van der Waals surface area contributed by atoms with Gasteiger partial charge in [-0.05, 0) is 24.0 Å². The number of amides is 2. The standard InChI is InChI=1S/C24H30N4O2/c1-19(21-11-5-3-6-12-21)17-25-27-23(29)15-9-10-16-24(30)28-26-18-20(2)22-13-7-4-8-14-22/h3-8,11-14,17-20H,9-10,15-16H2,1-2H3,(H,27,29)(H,28,30)/b25-17+,26-18+. The Morgan fingerprint density at radius 2 is 1.10 bits per heavy atom. The highest BCUT2D eigenvalue weighted by atomic mass is 16.2. The van der Waals surface area contributed by atoms with Crippen LogP contribution in [0.2, 0.25) is 0 Å². The number of unbranched alkanes of at least 4 members (excludes halogenated alkanes) is 1. The van der Waals surface area contributed by atoms with Crippen molar-refractivity contribution < 1.29 is 9.59 Å². The van der Waals surface area contributed by atoms with Crippen LogP contribution in [-0.4, -0.2) is 24.2 Å². The van der Waals surface area contributed by atoms with E-state index >= 15 is 0 Å². The lowest BCUT2D eigenvalue weighted by molar-refractivity contribution is -0.123. The molecule has 0 radical (unpaired) electrons. The summed E-state index contributed by atoms with van der Waals surface area (Å²) in [5, 5.41) is 8.04. The largest absolute Gasteiger partial charge is 0.273 e. The smallest absolute Gasteiger partial charge is 0.240 e. The molecule has 6 nitrogen and oxygen atoms in total. The fourth-order valence-corrected chi connectivity index (χ4v) is 2.81. The molecule has 6 heteroatoms. The van der Waals surface area contributed by atoms with E-state index in [0.29, 0.717) is 25.7 Å². The Morgan fingerprint density at radius 1 is 0.733 bits per heavy atom. The molecular formula is C24H30N4O2. The van der Waals surface area contributed by atoms with Crippen molar-refractivity contribution in [3.8, 4) is 0 Å². The first-order valence-electron chi connectivity index (χ1n) is 10.3. The number of hydrogen-bond donors (Lipinski definition) is 2. The Kier molecular flexibility index (Phi) is 10.00. The number of nitrogens with zero attached hydrogens (tertiary/aromatic N) is 2. The van der Waals surface area contributed by atoms with Gasteiger partial charge in [-0.15, -0.1) is 0 Å². The number of benzene rings is 2. The fraction of sp³-hybridized carbons (Fsp3) is 0.333. The lowest BCUT2D eigenvalue weighted by Crippen LogP contribution is -2.19. The molecule has 2 amide bonds. The quantitative estimate of drug-likeness (QED) is 0.330. The Bertz CT molecular complexity index is 763. The van der Waals surface area contributed by atoms with Crippen LogP contribution in [-0.2, 0) is 9.59 Å². The molecule has 0 fully saturated rings. The van der Waals surface area contributed by atoms with E-state index in [1.54, 1.807) is 12.4 Å². The molecular weight excluding hydrogens is 376 g/mol. The first-order chi connectivity index (χ1) is 14.6. The summed E-state index contributed by atoms with van der Waals surface area (Å²) >= 11 is 0. The number of carbonyl (C=O) groups excluding carboxylic acids is 2. The second-order valence-electron chi connectivity index (χ2n) is 7.23. The van der Waals surface area contributed by atoms with Crippen molar-refractivity contribution >= 4 is 24.2 Å². The molecule has 2 rings (SSSR count). The number of hydrogen-bond acceptors (Lipinski definition) is 4. The molecule has 2 N–H and O–H groups in total. The van der Waals surface area contributed by atoms with Gasteiger partial charge in [-0.1, -0.05) is 74.5 Å². The van der Waals surface area contributed by atoms with Gasteiger partial charge >= 0.3 is 0 Å². The van der Waals surface area contributed by atoms with Gasteiger partial charge in [-0.25, -0.2) is 10.9 Å². The first kappa shape index (κ1) is 23.0. The van der Waals surface area contributed by atoms with Crippen LogP contribution in [0.15, 0.2) is 70.9 Å². The average molecular weight is 407 g/mol. The van der Waals surface area contributed by atoms with Crippen LogP contribution in [0.25, 0.3) is 0 Å². The Hall–Kier alpha value is -3.28. The molecule has 2 aromatic carbocycles. The third kappa shape index (κ3) is 8.82. The SMILES string of the molecule is CC(/C=N/NC(=O)CCCCC(=O)N/N=C/C(C)c1ccccc1)c1ccccc1. The highest BCUT2D eigenvalue weighted by Crippen LogP contribution is 2.12. The van der Waals surface area contributed by atoms with E-state index in [4.69, 9.17) is 0 Å². The van der Waals surface area contributed by atoms with Crippen LogP contribution in [0.1, 0.15) is 62.5 Å². The first-order valence-corrected chi connectivity index (χ1v) is 10.3. The third-order valence-electron chi connectivity index (χ3n) is 4.68. The summed E-state index contributed by atoms with van der Waals surface area (Å²) in [6.07, 6.45) is 5.34. The summed E-state index contributed by atoms with van der Waals surface area (Å²) in [6.45, 7) is 4.04. The minimum Gasteiger partial charge on any atom is -0.273 e. The zero-order valence-corrected chi connectivity index (χ0v) is 17.6. The fourth-order valence-electron chi connectivity index (χ4n) is 2.81. The maximum atomic E-state index is 11.8. The maximum absolute atomic E-state index is 11.8. The molecule has 0 aliphatic heterocycles. The Labute approximate surface area is 178 Å². The zero-order valence-electron chi connectivity index (χ0n) is 17.6. The van der Waals surface area contributed by atoms with E-state index in [1.165, 1.54) is 0 Å². The van der Waals surface area contributed by atoms with Gasteiger partial charge in [0.05, 0.1) is 0 Å². The molecule has 2 aromatic rings. The average Bonchev–Trinajstić information content (AvgIpc) is 2.77. The second kappa shape index (κ2) is 13.0. The lowest BCUT2D eigenvalue weighted by Gasteiger charge is -2.06. The molecule has 2 unspecified atom stereocenters. The lowest BCUT2D eigenvalue weighted by atomic mass is 10.0. The van der Waals surface area contributed by atoms with Crippen molar-refractivity contribution in [3.05, 3.63) is 71.8 Å². The predicted molar refractivity (Wildman–Crippen MR) is 121 cm³/mol. The molecule has 0 saturated heterocycles. The molecule has 0 bridgehead atoms. The molecule has 0 spiro atoms. The van der Waals surface area contributed by atoms with Crippen LogP contribution in [0.3, 0.4) is 0 Å². The van der Waals surface area contributed by atoms with Crippen molar-refractivity contribution in [3.63, 3.8) is 0 Å². The summed E-state index contributed by atoms with van der Waals surface area (Å²) in [6, 6.07) is 19.9. The summed E-state index contributed by atoms with van der Waals surface area (Å²) in [4.78, 5) is 23.7. The van der Waals surface area contributed by atoms with Gasteiger partial charge in [0.25, 0.3) is 0 Å². The van der Waals surface area contributed by atoms with Crippen molar-refractivity contribution in [1.82, 2.24) is 10.9 Å². The van der Waals surface area contributed by atoms with E-state index in [9.17, 15) is 9.59 Å². The van der Waals surface area contributed by atoms with Gasteiger partial charge in [0, 0.05) is 37.1 Å². The summed E-state index contributed by atoms with van der Waals surface area (Å²) in [5.74, 6) is -0.0519. The Balaban J connectivity index is 1.57. The summed E-state index contributed by atoms with van der Waals surface area (Å²) < 4.78 is 0. The van der Waals surface area contributed by atoms with Crippen LogP contribution in [0.5, 0.6) is 0 Å². The zero-order chi connectivity index (χ0) is 21.6. The van der Waals surface area contributed by atoms with Gasteiger partial charge in [0.2, 0.25) is 11.8 Å². The molecule has 2 atom stereocenters. The summed E-state index contributed by atoms with van der Waals surface area (Å²) in [7, 11) is 0. The number of hydrazone groups is 2. The van der Waals surface area contributed by atoms with Crippen molar-refractivity contribution in [2.45, 2.75) is 51.4 Å². The van der Waals surface area contributed by atoms with E-state index in [0.717, 1.165) is 11.1 Å². The Morgan fingerprint density at radius 3 is 1.47 bits per heavy atom. The third-order valence-corrected chi connectivity index (χ3v) is 4.68. The summed E-state index contributed by atoms with van der Waals surface area (Å²) in [5.41, 5.74) is 7.36. The number of rotatable bonds is 11. The second-order valence-corrected chi connectivity index (χ2v) is 7.23. The van der Waals surface area contributed by atoms with Crippen molar-refractivity contribution in [2.75, 3.05) is 0 Å². The normalized spacial score (nSPS) is 13.3. The van der Waals surface area contributed by atoms with Gasteiger partial charge in [0.1, 0.15) is 0 Å². The molecule has 0 aromatic heterocycles. The minimum absolute atomic E-state index is 0.125. The van der Waals surface area contributed by atoms with Crippen LogP contribution in [0.4, 0.5) is 0 Å². The number of carbonyl (C=O) groups is 2. The van der Waals surface area contributed by atoms with Gasteiger partial charge in [-0.3, -0.25) is 9.59 Å². The maximum Gasteiger partial charge on any atom is 0.240 e. The highest BCUT2D eigenvalue weighted by molar-refractivity contribution is 5.78. The van der Waals surface area contributed by atoms with Crippen molar-refractivity contribution in [1.29, 1.82) is 0 Å².